The third-order valence-corrected chi connectivity index (χ3v) is 7.85. The van der Waals surface area contributed by atoms with Gasteiger partial charge in [0.2, 0.25) is 10.0 Å². The lowest BCUT2D eigenvalue weighted by Gasteiger charge is -2.42. The number of aliphatic hydroxyl groups excluding tert-OH is 1. The highest BCUT2D eigenvalue weighted by atomic mass is 32.2. The maximum atomic E-state index is 12.5. The molecule has 2 unspecified atom stereocenters. The minimum atomic E-state index is -3.68. The molecule has 0 aromatic heterocycles. The van der Waals surface area contributed by atoms with Crippen molar-refractivity contribution in [1.29, 1.82) is 0 Å². The van der Waals surface area contributed by atoms with E-state index >= 15 is 0 Å². The quantitative estimate of drug-likeness (QED) is 0.712. The Bertz CT molecular complexity index is 568. The highest BCUT2D eigenvalue weighted by molar-refractivity contribution is 7.95. The molecule has 0 aliphatic carbocycles. The lowest BCUT2D eigenvalue weighted by atomic mass is 10.1. The van der Waals surface area contributed by atoms with Gasteiger partial charge in [0.25, 0.3) is 0 Å². The van der Waals surface area contributed by atoms with Gasteiger partial charge in [-0.1, -0.05) is 0 Å². The second kappa shape index (κ2) is 5.20. The normalized spacial score (nSPS) is 34.1. The maximum Gasteiger partial charge on any atom is 0.218 e. The van der Waals surface area contributed by atoms with E-state index in [1.807, 2.05) is 0 Å². The van der Waals surface area contributed by atoms with Gasteiger partial charge in [-0.15, -0.1) is 0 Å². The zero-order valence-corrected chi connectivity index (χ0v) is 13.3. The molecule has 0 aromatic carbocycles. The lowest BCUT2D eigenvalue weighted by molar-refractivity contribution is -0.131. The summed E-state index contributed by atoms with van der Waals surface area (Å²) in [5.41, 5.74) is -0.698. The van der Waals surface area contributed by atoms with Crippen LogP contribution in [0.5, 0.6) is 0 Å². The van der Waals surface area contributed by atoms with Gasteiger partial charge in [0.05, 0.1) is 35.1 Å². The van der Waals surface area contributed by atoms with Crippen molar-refractivity contribution in [2.24, 2.45) is 0 Å². The van der Waals surface area contributed by atoms with E-state index in [1.165, 1.54) is 4.31 Å². The first-order chi connectivity index (χ1) is 9.06. The molecule has 7 nitrogen and oxygen atoms in total. The van der Waals surface area contributed by atoms with E-state index < -0.39 is 36.8 Å². The standard InChI is InChI=1S/C11H21NO6S2/c1-11(2)8-12(5-9(6-13)18-11)20(16,17)10-3-4-19(14,15)7-10/h9-10,13H,3-8H2,1-2H3. The minimum Gasteiger partial charge on any atom is -0.394 e. The van der Waals surface area contributed by atoms with Crippen LogP contribution in [0, 0.1) is 0 Å². The van der Waals surface area contributed by atoms with Crippen molar-refractivity contribution >= 4 is 19.9 Å². The van der Waals surface area contributed by atoms with Crippen molar-refractivity contribution in [3.63, 3.8) is 0 Å². The van der Waals surface area contributed by atoms with Crippen LogP contribution in [0.3, 0.4) is 0 Å². The summed E-state index contributed by atoms with van der Waals surface area (Å²) in [7, 11) is -6.94. The molecule has 2 fully saturated rings. The first-order valence-corrected chi connectivity index (χ1v) is 9.86. The van der Waals surface area contributed by atoms with Gasteiger partial charge in [-0.25, -0.2) is 16.8 Å². The molecule has 1 N–H and O–H groups in total. The highest BCUT2D eigenvalue weighted by Gasteiger charge is 2.45. The fourth-order valence-corrected chi connectivity index (χ4v) is 7.44. The first-order valence-electron chi connectivity index (χ1n) is 6.54. The summed E-state index contributed by atoms with van der Waals surface area (Å²) >= 11 is 0. The van der Waals surface area contributed by atoms with Crippen molar-refractivity contribution in [3.8, 4) is 0 Å². The summed E-state index contributed by atoms with van der Waals surface area (Å²) in [6.07, 6.45) is -0.432. The van der Waals surface area contributed by atoms with Gasteiger partial charge >= 0.3 is 0 Å². The molecule has 0 spiro atoms. The number of aliphatic hydroxyl groups is 1. The maximum absolute atomic E-state index is 12.5. The number of ether oxygens (including phenoxy) is 1. The number of hydrogen-bond acceptors (Lipinski definition) is 6. The van der Waals surface area contributed by atoms with Crippen LogP contribution in [0.25, 0.3) is 0 Å². The molecule has 0 amide bonds. The number of hydrogen-bond donors (Lipinski definition) is 1. The molecule has 0 saturated carbocycles. The van der Waals surface area contributed by atoms with Gasteiger partial charge in [0.15, 0.2) is 9.84 Å². The topological polar surface area (TPSA) is 101 Å². The van der Waals surface area contributed by atoms with Crippen LogP contribution in [0.15, 0.2) is 0 Å². The molecule has 2 heterocycles. The molecular formula is C11H21NO6S2. The summed E-state index contributed by atoms with van der Waals surface area (Å²) < 4.78 is 54.9. The molecule has 2 rings (SSSR count). The second-order valence-corrected chi connectivity index (χ2v) is 10.5. The van der Waals surface area contributed by atoms with Crippen LogP contribution in [-0.2, 0) is 24.6 Å². The van der Waals surface area contributed by atoms with Crippen molar-refractivity contribution in [2.45, 2.75) is 37.2 Å². The number of morpholine rings is 1. The first kappa shape index (κ1) is 16.2. The SMILES string of the molecule is CC1(C)CN(S(=O)(=O)C2CCS(=O)(=O)C2)CC(CO)O1. The van der Waals surface area contributed by atoms with E-state index in [0.29, 0.717) is 0 Å². The Kier molecular flexibility index (Phi) is 4.20. The van der Waals surface area contributed by atoms with E-state index in [9.17, 15) is 21.9 Å². The van der Waals surface area contributed by atoms with Gasteiger partial charge in [-0.3, -0.25) is 0 Å². The van der Waals surface area contributed by atoms with E-state index in [4.69, 9.17) is 4.74 Å². The number of sulfonamides is 1. The van der Waals surface area contributed by atoms with Crippen LogP contribution in [0.2, 0.25) is 0 Å². The fourth-order valence-electron chi connectivity index (χ4n) is 2.74. The minimum absolute atomic E-state index is 0.0683. The van der Waals surface area contributed by atoms with Gasteiger partial charge in [0.1, 0.15) is 0 Å². The van der Waals surface area contributed by atoms with E-state index in [-0.39, 0.29) is 37.6 Å². The van der Waals surface area contributed by atoms with Crippen molar-refractivity contribution in [2.75, 3.05) is 31.2 Å². The summed E-state index contributed by atoms with van der Waals surface area (Å²) in [5.74, 6) is -0.384. The molecule has 9 heteroatoms. The molecule has 20 heavy (non-hydrogen) atoms. The Balaban J connectivity index is 2.21. The molecule has 2 aliphatic heterocycles. The lowest BCUT2D eigenvalue weighted by Crippen LogP contribution is -2.57. The summed E-state index contributed by atoms with van der Waals surface area (Å²) in [5, 5.41) is 8.34. The molecule has 0 radical (unpaired) electrons. The van der Waals surface area contributed by atoms with Gasteiger partial charge in [-0.2, -0.15) is 4.31 Å². The Labute approximate surface area is 119 Å². The number of nitrogens with zero attached hydrogens (tertiary/aromatic N) is 1. The van der Waals surface area contributed by atoms with E-state index in [2.05, 4.69) is 0 Å². The molecule has 0 bridgehead atoms. The third kappa shape index (κ3) is 3.33. The van der Waals surface area contributed by atoms with Crippen molar-refractivity contribution in [1.82, 2.24) is 4.31 Å². The smallest absolute Gasteiger partial charge is 0.218 e. The van der Waals surface area contributed by atoms with Crippen LogP contribution >= 0.6 is 0 Å². The van der Waals surface area contributed by atoms with Crippen LogP contribution in [0.1, 0.15) is 20.3 Å². The molecule has 2 aliphatic rings. The van der Waals surface area contributed by atoms with E-state index in [1.54, 1.807) is 13.8 Å². The van der Waals surface area contributed by atoms with E-state index in [0.717, 1.165) is 0 Å². The molecule has 0 aromatic rings. The van der Waals surface area contributed by atoms with Gasteiger partial charge in [-0.05, 0) is 20.3 Å². The fraction of sp³-hybridized carbons (Fsp3) is 1.00. The molecule has 2 atom stereocenters. The summed E-state index contributed by atoms with van der Waals surface area (Å²) in [6.45, 7) is 3.48. The van der Waals surface area contributed by atoms with Crippen LogP contribution in [0.4, 0.5) is 0 Å². The predicted octanol–water partition coefficient (Wildman–Crippen LogP) is -1.02. The van der Waals surface area contributed by atoms with Crippen molar-refractivity contribution in [3.05, 3.63) is 0 Å². The largest absolute Gasteiger partial charge is 0.394 e. The average Bonchev–Trinajstić information content (AvgIpc) is 2.68. The van der Waals surface area contributed by atoms with Crippen LogP contribution in [-0.4, -0.2) is 74.4 Å². The molecular weight excluding hydrogens is 306 g/mol. The molecule has 118 valence electrons. The Morgan fingerprint density at radius 3 is 2.55 bits per heavy atom. The third-order valence-electron chi connectivity index (χ3n) is 3.63. The van der Waals surface area contributed by atoms with Crippen LogP contribution < -0.4 is 0 Å². The van der Waals surface area contributed by atoms with Gasteiger partial charge in [0, 0.05) is 13.1 Å². The van der Waals surface area contributed by atoms with Crippen molar-refractivity contribution < 1.29 is 26.7 Å². The highest BCUT2D eigenvalue weighted by Crippen LogP contribution is 2.28. The Morgan fingerprint density at radius 1 is 1.40 bits per heavy atom. The number of rotatable bonds is 3. The zero-order valence-electron chi connectivity index (χ0n) is 11.6. The zero-order chi connectivity index (χ0) is 15.2. The Morgan fingerprint density at radius 2 is 2.05 bits per heavy atom. The second-order valence-electron chi connectivity index (χ2n) is 6.04. The van der Waals surface area contributed by atoms with Gasteiger partial charge < -0.3 is 9.84 Å². The monoisotopic (exact) mass is 327 g/mol. The predicted molar refractivity (Wildman–Crippen MR) is 73.6 cm³/mol. The summed E-state index contributed by atoms with van der Waals surface area (Å²) in [6, 6.07) is 0. The Hall–Kier alpha value is -0.220. The number of sulfone groups is 1. The summed E-state index contributed by atoms with van der Waals surface area (Å²) in [4.78, 5) is 0. The average molecular weight is 327 g/mol. The molecule has 2 saturated heterocycles.